The number of ether oxygens (including phenoxy) is 4. The van der Waals surface area contributed by atoms with Gasteiger partial charge in [0.15, 0.2) is 11.4 Å². The van der Waals surface area contributed by atoms with Crippen LogP contribution in [0.4, 0.5) is 4.79 Å². The third-order valence-corrected chi connectivity index (χ3v) is 4.24. The lowest BCUT2D eigenvalue weighted by atomic mass is 10.3. The monoisotopic (exact) mass is 423 g/mol. The van der Waals surface area contributed by atoms with Crippen molar-refractivity contribution in [3.8, 4) is 5.75 Å². The number of esters is 1. The minimum absolute atomic E-state index is 0.0738. The maximum atomic E-state index is 12.6. The van der Waals surface area contributed by atoms with Gasteiger partial charge in [0.2, 0.25) is 5.43 Å². The molecule has 1 N–H and O–H groups in total. The molecular weight excluding hydrogens is 394 g/mol. The number of morpholine rings is 1. The molecule has 1 aromatic heterocycles. The van der Waals surface area contributed by atoms with Gasteiger partial charge < -0.3 is 24.4 Å². The summed E-state index contributed by atoms with van der Waals surface area (Å²) in [6.45, 7) is 8.47. The second-order valence-electron chi connectivity index (χ2n) is 6.43. The summed E-state index contributed by atoms with van der Waals surface area (Å²) in [7, 11) is 0. The molecule has 0 aromatic carbocycles. The van der Waals surface area contributed by atoms with E-state index in [1.807, 2.05) is 6.92 Å². The van der Waals surface area contributed by atoms with Crippen molar-refractivity contribution in [3.63, 3.8) is 0 Å². The number of nitrogens with zero attached hydrogens (tertiary/aromatic N) is 2. The molecule has 1 aromatic rings. The normalized spacial score (nSPS) is 15.9. The fourth-order valence-corrected chi connectivity index (χ4v) is 2.78. The molecule has 166 valence electrons. The number of aromatic nitrogens is 1. The molecule has 1 amide bonds. The fourth-order valence-electron chi connectivity index (χ4n) is 2.78. The molecule has 1 unspecified atom stereocenters. The van der Waals surface area contributed by atoms with E-state index in [1.54, 1.807) is 6.92 Å². The molecule has 10 heteroatoms. The van der Waals surface area contributed by atoms with Crippen LogP contribution in [0, 0.1) is 0 Å². The number of carbonyl (C=O) groups excluding carboxylic acids is 2. The van der Waals surface area contributed by atoms with Crippen LogP contribution < -0.4 is 15.6 Å². The van der Waals surface area contributed by atoms with Crippen molar-refractivity contribution < 1.29 is 28.5 Å². The van der Waals surface area contributed by atoms with Gasteiger partial charge in [0, 0.05) is 18.8 Å². The highest BCUT2D eigenvalue weighted by molar-refractivity contribution is 5.90. The Morgan fingerprint density at radius 3 is 2.87 bits per heavy atom. The van der Waals surface area contributed by atoms with Crippen molar-refractivity contribution in [2.75, 3.05) is 45.0 Å². The standard InChI is InChI=1S/C20H29N3O7/c1-4-7-12-29-18-15(24)8-9-23(17(18)19(25)28-6-3)21-16-14-27-13-10-22(16)20(26)30-11-5-2/h5,8-9,16,21H,2,4,6-7,10-14H2,1,3H3. The number of hydrogen-bond donors (Lipinski definition) is 1. The number of hydrogen-bond acceptors (Lipinski definition) is 8. The third kappa shape index (κ3) is 5.99. The highest BCUT2D eigenvalue weighted by Gasteiger charge is 2.30. The quantitative estimate of drug-likeness (QED) is 0.344. The van der Waals surface area contributed by atoms with Crippen LogP contribution in [0.3, 0.4) is 0 Å². The summed E-state index contributed by atoms with van der Waals surface area (Å²) in [6, 6.07) is 1.28. The Morgan fingerprint density at radius 2 is 2.17 bits per heavy atom. The number of pyridine rings is 1. The van der Waals surface area contributed by atoms with Crippen molar-refractivity contribution in [1.82, 2.24) is 9.58 Å². The summed E-state index contributed by atoms with van der Waals surface area (Å²) >= 11 is 0. The van der Waals surface area contributed by atoms with Gasteiger partial charge in [-0.15, -0.1) is 0 Å². The molecule has 0 saturated carbocycles. The SMILES string of the molecule is C=CCOC(=O)N1CCOCC1Nn1ccc(=O)c(OCCCC)c1C(=O)OCC. The van der Waals surface area contributed by atoms with Crippen LogP contribution in [0.1, 0.15) is 37.2 Å². The van der Waals surface area contributed by atoms with Crippen LogP contribution in [0.25, 0.3) is 0 Å². The molecule has 1 atom stereocenters. The number of rotatable bonds is 10. The second kappa shape index (κ2) is 11.9. The number of amides is 1. The molecule has 10 nitrogen and oxygen atoms in total. The van der Waals surface area contributed by atoms with E-state index in [9.17, 15) is 14.4 Å². The van der Waals surface area contributed by atoms with E-state index in [1.165, 1.54) is 27.9 Å². The van der Waals surface area contributed by atoms with Crippen LogP contribution >= 0.6 is 0 Å². The summed E-state index contributed by atoms with van der Waals surface area (Å²) in [5, 5.41) is 0. The molecule has 0 spiro atoms. The Bertz CT molecular complexity index is 793. The smallest absolute Gasteiger partial charge is 0.411 e. The van der Waals surface area contributed by atoms with Gasteiger partial charge in [-0.05, 0) is 13.3 Å². The van der Waals surface area contributed by atoms with Crippen LogP contribution in [0.5, 0.6) is 5.75 Å². The van der Waals surface area contributed by atoms with E-state index in [2.05, 4.69) is 12.0 Å². The number of unbranched alkanes of at least 4 members (excludes halogenated alkanes) is 1. The minimum Gasteiger partial charge on any atom is -0.487 e. The molecule has 1 aliphatic heterocycles. The van der Waals surface area contributed by atoms with Crippen LogP contribution in [-0.4, -0.2) is 67.4 Å². The van der Waals surface area contributed by atoms with E-state index in [0.29, 0.717) is 13.2 Å². The van der Waals surface area contributed by atoms with Crippen LogP contribution in [-0.2, 0) is 14.2 Å². The van der Waals surface area contributed by atoms with Gasteiger partial charge in [0.05, 0.1) is 26.4 Å². The fraction of sp³-hybridized carbons (Fsp3) is 0.550. The molecule has 2 rings (SSSR count). The van der Waals surface area contributed by atoms with Crippen LogP contribution in [0.2, 0.25) is 0 Å². The van der Waals surface area contributed by atoms with Gasteiger partial charge >= 0.3 is 12.1 Å². The summed E-state index contributed by atoms with van der Waals surface area (Å²) < 4.78 is 22.6. The zero-order valence-electron chi connectivity index (χ0n) is 17.4. The molecule has 0 bridgehead atoms. The Labute approximate surface area is 175 Å². The van der Waals surface area contributed by atoms with Gasteiger partial charge in [0.1, 0.15) is 12.8 Å². The molecule has 1 fully saturated rings. The first-order valence-electron chi connectivity index (χ1n) is 9.97. The molecule has 1 aliphatic rings. The van der Waals surface area contributed by atoms with Crippen LogP contribution in [0.15, 0.2) is 29.7 Å². The zero-order valence-corrected chi connectivity index (χ0v) is 17.4. The maximum absolute atomic E-state index is 12.6. The molecule has 1 saturated heterocycles. The Morgan fingerprint density at radius 1 is 1.37 bits per heavy atom. The minimum atomic E-state index is -0.716. The predicted molar refractivity (Wildman–Crippen MR) is 109 cm³/mol. The Hall–Kier alpha value is -3.01. The predicted octanol–water partition coefficient (Wildman–Crippen LogP) is 1.73. The van der Waals surface area contributed by atoms with Crippen molar-refractivity contribution >= 4 is 12.1 Å². The van der Waals surface area contributed by atoms with Crippen molar-refractivity contribution in [3.05, 3.63) is 40.8 Å². The molecule has 0 radical (unpaired) electrons. The van der Waals surface area contributed by atoms with E-state index >= 15 is 0 Å². The van der Waals surface area contributed by atoms with E-state index in [0.717, 1.165) is 12.8 Å². The molecular formula is C20H29N3O7. The van der Waals surface area contributed by atoms with E-state index in [-0.39, 0.29) is 37.9 Å². The average Bonchev–Trinajstić information content (AvgIpc) is 2.74. The lowest BCUT2D eigenvalue weighted by Crippen LogP contribution is -2.55. The van der Waals surface area contributed by atoms with Gasteiger partial charge in [-0.1, -0.05) is 26.0 Å². The van der Waals surface area contributed by atoms with Crippen molar-refractivity contribution in [2.45, 2.75) is 32.9 Å². The first-order chi connectivity index (χ1) is 14.5. The van der Waals surface area contributed by atoms with Crippen molar-refractivity contribution in [2.24, 2.45) is 0 Å². The van der Waals surface area contributed by atoms with Gasteiger partial charge in [-0.3, -0.25) is 14.4 Å². The van der Waals surface area contributed by atoms with Crippen molar-refractivity contribution in [1.29, 1.82) is 0 Å². The summed E-state index contributed by atoms with van der Waals surface area (Å²) in [5.41, 5.74) is 2.51. The topological polar surface area (TPSA) is 108 Å². The third-order valence-electron chi connectivity index (χ3n) is 4.24. The summed E-state index contributed by atoms with van der Waals surface area (Å²) in [4.78, 5) is 38.8. The zero-order chi connectivity index (χ0) is 21.9. The summed E-state index contributed by atoms with van der Waals surface area (Å²) in [6.07, 6.45) is 3.27. The average molecular weight is 423 g/mol. The lowest BCUT2D eigenvalue weighted by Gasteiger charge is -2.36. The second-order valence-corrected chi connectivity index (χ2v) is 6.43. The highest BCUT2D eigenvalue weighted by Crippen LogP contribution is 2.17. The van der Waals surface area contributed by atoms with Gasteiger partial charge in [0.25, 0.3) is 0 Å². The largest absolute Gasteiger partial charge is 0.487 e. The molecule has 2 heterocycles. The highest BCUT2D eigenvalue weighted by atomic mass is 16.6. The first-order valence-corrected chi connectivity index (χ1v) is 9.97. The maximum Gasteiger partial charge on any atom is 0.411 e. The number of nitrogens with one attached hydrogen (secondary N) is 1. The van der Waals surface area contributed by atoms with Gasteiger partial charge in [-0.2, -0.15) is 0 Å². The Balaban J connectivity index is 2.34. The summed E-state index contributed by atoms with van der Waals surface area (Å²) in [5.74, 6) is -0.818. The first kappa shape index (κ1) is 23.3. The Kier molecular flexibility index (Phi) is 9.20. The van der Waals surface area contributed by atoms with E-state index in [4.69, 9.17) is 18.9 Å². The molecule has 0 aliphatic carbocycles. The number of carbonyl (C=O) groups is 2. The molecule has 30 heavy (non-hydrogen) atoms. The lowest BCUT2D eigenvalue weighted by molar-refractivity contribution is -0.00209. The van der Waals surface area contributed by atoms with E-state index < -0.39 is 23.7 Å². The van der Waals surface area contributed by atoms with Gasteiger partial charge in [-0.25, -0.2) is 9.59 Å².